The summed E-state index contributed by atoms with van der Waals surface area (Å²) in [5, 5.41) is 11.0. The highest BCUT2D eigenvalue weighted by Crippen LogP contribution is 2.12. The maximum absolute atomic E-state index is 11.4. The number of aliphatic imine (C=N–C) groups is 1. The fourth-order valence-electron chi connectivity index (χ4n) is 1.48. The maximum atomic E-state index is 11.4. The van der Waals surface area contributed by atoms with Gasteiger partial charge in [-0.2, -0.15) is 10.3 Å². The van der Waals surface area contributed by atoms with Gasteiger partial charge in [0.15, 0.2) is 0 Å². The average molecular weight is 304 g/mol. The van der Waals surface area contributed by atoms with Gasteiger partial charge in [-0.25, -0.2) is 4.79 Å². The van der Waals surface area contributed by atoms with E-state index in [-0.39, 0.29) is 5.84 Å². The van der Waals surface area contributed by atoms with Crippen molar-refractivity contribution in [1.29, 1.82) is 5.26 Å². The number of carbonyl (C=O) groups is 1. The fraction of sp³-hybridized carbons (Fsp3) is 0.400. The molecule has 0 aliphatic heterocycles. The summed E-state index contributed by atoms with van der Waals surface area (Å²) in [5.41, 5.74) is 5.70. The van der Waals surface area contributed by atoms with E-state index in [9.17, 15) is 4.79 Å². The molecule has 0 atom stereocenters. The van der Waals surface area contributed by atoms with Crippen LogP contribution in [-0.2, 0) is 4.74 Å². The lowest BCUT2D eigenvalue weighted by Crippen LogP contribution is -2.34. The summed E-state index contributed by atoms with van der Waals surface area (Å²) in [4.78, 5) is 14.9. The monoisotopic (exact) mass is 304 g/mol. The van der Waals surface area contributed by atoms with Crippen molar-refractivity contribution >= 4 is 11.9 Å². The largest absolute Gasteiger partial charge is 0.492 e. The molecule has 0 radical (unpaired) electrons. The van der Waals surface area contributed by atoms with Crippen LogP contribution in [0.2, 0.25) is 0 Å². The van der Waals surface area contributed by atoms with Crippen LogP contribution in [0, 0.1) is 11.5 Å². The first-order valence-corrected chi connectivity index (χ1v) is 6.74. The van der Waals surface area contributed by atoms with Crippen LogP contribution in [-0.4, -0.2) is 30.7 Å². The van der Waals surface area contributed by atoms with Gasteiger partial charge in [0.25, 0.3) is 0 Å². The van der Waals surface area contributed by atoms with Crippen molar-refractivity contribution in [3.63, 3.8) is 0 Å². The third kappa shape index (κ3) is 6.61. The van der Waals surface area contributed by atoms with Gasteiger partial charge >= 0.3 is 6.09 Å². The van der Waals surface area contributed by atoms with E-state index in [1.54, 1.807) is 51.2 Å². The minimum atomic E-state index is -0.522. The smallest absolute Gasteiger partial charge is 0.407 e. The van der Waals surface area contributed by atoms with Gasteiger partial charge in [0.05, 0.1) is 6.54 Å². The van der Waals surface area contributed by atoms with E-state index in [4.69, 9.17) is 20.5 Å². The highest BCUT2D eigenvalue weighted by molar-refractivity contribution is 5.98. The van der Waals surface area contributed by atoms with Gasteiger partial charge in [-0.1, -0.05) is 0 Å². The van der Waals surface area contributed by atoms with E-state index >= 15 is 0 Å². The van der Waals surface area contributed by atoms with Crippen molar-refractivity contribution < 1.29 is 14.3 Å². The first-order chi connectivity index (χ1) is 10.3. The number of amides is 1. The Balaban J connectivity index is 2.36. The summed E-state index contributed by atoms with van der Waals surface area (Å²) in [6.45, 7) is 6.03. The zero-order valence-corrected chi connectivity index (χ0v) is 12.9. The van der Waals surface area contributed by atoms with E-state index in [1.807, 2.05) is 0 Å². The van der Waals surface area contributed by atoms with Crippen LogP contribution >= 0.6 is 0 Å². The summed E-state index contributed by atoms with van der Waals surface area (Å²) in [6, 6.07) is 6.82. The highest BCUT2D eigenvalue weighted by Gasteiger charge is 2.15. The second kappa shape index (κ2) is 7.88. The predicted octanol–water partition coefficient (Wildman–Crippen LogP) is 1.78. The molecule has 0 aromatic heterocycles. The van der Waals surface area contributed by atoms with E-state index < -0.39 is 11.7 Å². The average Bonchev–Trinajstić information content (AvgIpc) is 2.42. The van der Waals surface area contributed by atoms with E-state index in [2.05, 4.69) is 10.3 Å². The molecular formula is C15H20N4O3. The van der Waals surface area contributed by atoms with Gasteiger partial charge in [0, 0.05) is 5.56 Å². The number of nitrogens with two attached hydrogens (primary N) is 1. The standard InChI is InChI=1S/C15H20N4O3/c1-15(2,3)22-14(20)18-8-9-21-12-6-4-11(5-7-12)13(17)19-10-16/h4-7H,8-9H2,1-3H3,(H2,17,19)(H,18,20). The first kappa shape index (κ1) is 17.3. The molecule has 0 aliphatic rings. The molecule has 22 heavy (non-hydrogen) atoms. The minimum Gasteiger partial charge on any atom is -0.492 e. The zero-order chi connectivity index (χ0) is 16.6. The van der Waals surface area contributed by atoms with Gasteiger partial charge in [-0.05, 0) is 45.0 Å². The molecule has 1 rings (SSSR count). The van der Waals surface area contributed by atoms with Gasteiger partial charge < -0.3 is 20.5 Å². The zero-order valence-electron chi connectivity index (χ0n) is 12.9. The molecule has 1 aromatic rings. The van der Waals surface area contributed by atoms with Gasteiger partial charge in [0.2, 0.25) is 6.19 Å². The SMILES string of the molecule is CC(C)(C)OC(=O)NCCOc1ccc(C(N)=NC#N)cc1. The van der Waals surface area contributed by atoms with Crippen molar-refractivity contribution in [3.8, 4) is 11.9 Å². The quantitative estimate of drug-likeness (QED) is 0.373. The summed E-state index contributed by atoms with van der Waals surface area (Å²) in [6.07, 6.45) is 1.15. The van der Waals surface area contributed by atoms with Crippen molar-refractivity contribution in [3.05, 3.63) is 29.8 Å². The van der Waals surface area contributed by atoms with Gasteiger partial charge in [0.1, 0.15) is 23.8 Å². The number of nitrogens with one attached hydrogen (secondary N) is 1. The van der Waals surface area contributed by atoms with Crippen LogP contribution in [0.5, 0.6) is 5.75 Å². The molecule has 0 saturated heterocycles. The second-order valence-electron chi connectivity index (χ2n) is 5.40. The Hall–Kier alpha value is -2.75. The normalized spacial score (nSPS) is 11.5. The Bertz CT molecular complexity index is 568. The third-order valence-corrected chi connectivity index (χ3v) is 2.36. The fourth-order valence-corrected chi connectivity index (χ4v) is 1.48. The molecule has 7 nitrogen and oxygen atoms in total. The van der Waals surface area contributed by atoms with Crippen molar-refractivity contribution in [1.82, 2.24) is 5.32 Å². The molecule has 3 N–H and O–H groups in total. The summed E-state index contributed by atoms with van der Waals surface area (Å²) in [7, 11) is 0. The van der Waals surface area contributed by atoms with Crippen molar-refractivity contribution in [2.45, 2.75) is 26.4 Å². The molecule has 0 unspecified atom stereocenters. The van der Waals surface area contributed by atoms with E-state index in [1.165, 1.54) is 0 Å². The number of rotatable bonds is 5. The number of benzene rings is 1. The Morgan fingerprint density at radius 2 is 2.00 bits per heavy atom. The Morgan fingerprint density at radius 1 is 1.36 bits per heavy atom. The molecule has 0 heterocycles. The minimum absolute atomic E-state index is 0.153. The van der Waals surface area contributed by atoms with Gasteiger partial charge in [-0.3, -0.25) is 0 Å². The lowest BCUT2D eigenvalue weighted by molar-refractivity contribution is 0.0520. The van der Waals surface area contributed by atoms with Crippen LogP contribution in [0.3, 0.4) is 0 Å². The van der Waals surface area contributed by atoms with Crippen molar-refractivity contribution in [2.75, 3.05) is 13.2 Å². The Labute approximate surface area is 129 Å². The van der Waals surface area contributed by atoms with Crippen LogP contribution in [0.4, 0.5) is 4.79 Å². The van der Waals surface area contributed by atoms with Gasteiger partial charge in [-0.15, -0.1) is 0 Å². The molecular weight excluding hydrogens is 284 g/mol. The number of ether oxygens (including phenoxy) is 2. The number of alkyl carbamates (subject to hydrolysis) is 1. The number of amidine groups is 1. The summed E-state index contributed by atoms with van der Waals surface area (Å²) in [5.74, 6) is 0.778. The molecule has 0 saturated carbocycles. The number of hydrogen-bond acceptors (Lipinski definition) is 5. The molecule has 7 heteroatoms. The van der Waals surface area contributed by atoms with Crippen LogP contribution in [0.15, 0.2) is 29.3 Å². The molecule has 1 amide bonds. The molecule has 0 bridgehead atoms. The van der Waals surface area contributed by atoms with E-state index in [0.29, 0.717) is 24.5 Å². The number of nitriles is 1. The Kier molecular flexibility index (Phi) is 6.20. The van der Waals surface area contributed by atoms with Crippen molar-refractivity contribution in [2.24, 2.45) is 10.7 Å². The second-order valence-corrected chi connectivity index (χ2v) is 5.40. The highest BCUT2D eigenvalue weighted by atomic mass is 16.6. The third-order valence-electron chi connectivity index (χ3n) is 2.36. The summed E-state index contributed by atoms with van der Waals surface area (Å²) < 4.78 is 10.6. The molecule has 0 aliphatic carbocycles. The number of nitrogens with zero attached hydrogens (tertiary/aromatic N) is 2. The Morgan fingerprint density at radius 3 is 2.55 bits per heavy atom. The molecule has 1 aromatic carbocycles. The van der Waals surface area contributed by atoms with E-state index in [0.717, 1.165) is 0 Å². The maximum Gasteiger partial charge on any atom is 0.407 e. The van der Waals surface area contributed by atoms with Crippen LogP contribution in [0.25, 0.3) is 0 Å². The lowest BCUT2D eigenvalue weighted by atomic mass is 10.2. The summed E-state index contributed by atoms with van der Waals surface area (Å²) >= 11 is 0. The number of carbonyl (C=O) groups excluding carboxylic acids is 1. The van der Waals surface area contributed by atoms with Crippen LogP contribution in [0.1, 0.15) is 26.3 Å². The molecule has 0 fully saturated rings. The lowest BCUT2D eigenvalue weighted by Gasteiger charge is -2.19. The first-order valence-electron chi connectivity index (χ1n) is 6.74. The number of hydrogen-bond donors (Lipinski definition) is 2. The predicted molar refractivity (Wildman–Crippen MR) is 82.5 cm³/mol. The molecule has 118 valence electrons. The molecule has 0 spiro atoms. The van der Waals surface area contributed by atoms with Crippen LogP contribution < -0.4 is 15.8 Å². The topological polar surface area (TPSA) is 110 Å².